The third-order valence-electron chi connectivity index (χ3n) is 2.13. The van der Waals surface area contributed by atoms with Crippen molar-refractivity contribution in [3.8, 4) is 0 Å². The SMILES string of the molecule is C=CCC(=O)N[C@@H](Cc1cnc[nH]1)C(=O)OC. The van der Waals surface area contributed by atoms with Crippen molar-refractivity contribution in [3.63, 3.8) is 0 Å². The number of nitrogens with zero attached hydrogens (tertiary/aromatic N) is 1. The first-order valence-corrected chi connectivity index (χ1v) is 5.12. The van der Waals surface area contributed by atoms with Crippen LogP contribution in [0.15, 0.2) is 25.2 Å². The van der Waals surface area contributed by atoms with Gasteiger partial charge in [0.05, 0.1) is 13.4 Å². The number of esters is 1. The molecule has 1 amide bonds. The number of hydrogen-bond donors (Lipinski definition) is 2. The third kappa shape index (κ3) is 4.10. The second-order valence-electron chi connectivity index (χ2n) is 3.42. The maximum absolute atomic E-state index is 11.5. The Morgan fingerprint density at radius 3 is 3.00 bits per heavy atom. The molecular formula is C11H15N3O3. The van der Waals surface area contributed by atoms with Gasteiger partial charge in [-0.3, -0.25) is 4.79 Å². The lowest BCUT2D eigenvalue weighted by Crippen LogP contribution is -2.42. The Labute approximate surface area is 99.1 Å². The number of carbonyl (C=O) groups is 2. The van der Waals surface area contributed by atoms with Crippen LogP contribution in [-0.4, -0.2) is 35.0 Å². The lowest BCUT2D eigenvalue weighted by Gasteiger charge is -2.15. The predicted molar refractivity (Wildman–Crippen MR) is 61.1 cm³/mol. The van der Waals surface area contributed by atoms with E-state index in [0.29, 0.717) is 6.42 Å². The van der Waals surface area contributed by atoms with Crippen molar-refractivity contribution in [3.05, 3.63) is 30.9 Å². The van der Waals surface area contributed by atoms with Crippen LogP contribution >= 0.6 is 0 Å². The maximum Gasteiger partial charge on any atom is 0.328 e. The molecule has 0 aromatic carbocycles. The molecule has 0 saturated carbocycles. The van der Waals surface area contributed by atoms with Gasteiger partial charge in [0.15, 0.2) is 0 Å². The van der Waals surface area contributed by atoms with Gasteiger partial charge in [-0.2, -0.15) is 0 Å². The minimum absolute atomic E-state index is 0.163. The molecule has 0 aliphatic carbocycles. The van der Waals surface area contributed by atoms with E-state index in [1.54, 1.807) is 6.20 Å². The van der Waals surface area contributed by atoms with Crippen LogP contribution in [0.5, 0.6) is 0 Å². The molecule has 0 radical (unpaired) electrons. The largest absolute Gasteiger partial charge is 0.467 e. The molecule has 0 aliphatic heterocycles. The van der Waals surface area contributed by atoms with Crippen LogP contribution in [0.2, 0.25) is 0 Å². The van der Waals surface area contributed by atoms with E-state index in [2.05, 4.69) is 26.6 Å². The average molecular weight is 237 g/mol. The molecule has 1 aromatic rings. The molecule has 1 aromatic heterocycles. The van der Waals surface area contributed by atoms with Crippen molar-refractivity contribution in [2.24, 2.45) is 0 Å². The number of aromatic nitrogens is 2. The number of methoxy groups -OCH3 is 1. The number of imidazole rings is 1. The molecule has 0 saturated heterocycles. The second-order valence-corrected chi connectivity index (χ2v) is 3.42. The van der Waals surface area contributed by atoms with Gasteiger partial charge in [0.2, 0.25) is 5.91 Å². The van der Waals surface area contributed by atoms with Crippen molar-refractivity contribution < 1.29 is 14.3 Å². The molecule has 1 rings (SSSR count). The highest BCUT2D eigenvalue weighted by Gasteiger charge is 2.21. The van der Waals surface area contributed by atoms with Gasteiger partial charge < -0.3 is 15.0 Å². The molecule has 1 atom stereocenters. The van der Waals surface area contributed by atoms with Crippen molar-refractivity contribution >= 4 is 11.9 Å². The lowest BCUT2D eigenvalue weighted by atomic mass is 10.1. The molecule has 92 valence electrons. The zero-order valence-electron chi connectivity index (χ0n) is 9.60. The molecule has 1 heterocycles. The monoisotopic (exact) mass is 237 g/mol. The molecule has 6 heteroatoms. The van der Waals surface area contributed by atoms with Crippen molar-refractivity contribution in [2.45, 2.75) is 18.9 Å². The fourth-order valence-electron chi connectivity index (χ4n) is 1.34. The van der Waals surface area contributed by atoms with Gasteiger partial charge in [0.25, 0.3) is 0 Å². The van der Waals surface area contributed by atoms with Crippen LogP contribution in [0, 0.1) is 0 Å². The maximum atomic E-state index is 11.5. The Morgan fingerprint density at radius 1 is 1.71 bits per heavy atom. The number of amides is 1. The van der Waals surface area contributed by atoms with Crippen molar-refractivity contribution in [1.82, 2.24) is 15.3 Å². The summed E-state index contributed by atoms with van der Waals surface area (Å²) in [7, 11) is 1.28. The first kappa shape index (κ1) is 13.0. The quantitative estimate of drug-likeness (QED) is 0.546. The van der Waals surface area contributed by atoms with Gasteiger partial charge in [-0.1, -0.05) is 6.08 Å². The first-order chi connectivity index (χ1) is 8.17. The summed E-state index contributed by atoms with van der Waals surface area (Å²) in [4.78, 5) is 29.6. The van der Waals surface area contributed by atoms with Gasteiger partial charge in [-0.05, 0) is 0 Å². The zero-order chi connectivity index (χ0) is 12.7. The Morgan fingerprint density at radius 2 is 2.47 bits per heavy atom. The molecule has 0 bridgehead atoms. The molecular weight excluding hydrogens is 222 g/mol. The molecule has 0 unspecified atom stereocenters. The van der Waals surface area contributed by atoms with Crippen LogP contribution in [-0.2, 0) is 20.7 Å². The highest BCUT2D eigenvalue weighted by Crippen LogP contribution is 2.01. The molecule has 0 aliphatic rings. The smallest absolute Gasteiger partial charge is 0.328 e. The molecule has 0 spiro atoms. The Balaban J connectivity index is 2.63. The lowest BCUT2D eigenvalue weighted by molar-refractivity contribution is -0.145. The number of aromatic amines is 1. The van der Waals surface area contributed by atoms with Crippen LogP contribution in [0.3, 0.4) is 0 Å². The van der Waals surface area contributed by atoms with Gasteiger partial charge in [-0.15, -0.1) is 6.58 Å². The van der Waals surface area contributed by atoms with E-state index >= 15 is 0 Å². The number of ether oxygens (including phenoxy) is 1. The van der Waals surface area contributed by atoms with E-state index < -0.39 is 12.0 Å². The minimum Gasteiger partial charge on any atom is -0.467 e. The normalized spacial score (nSPS) is 11.6. The van der Waals surface area contributed by atoms with E-state index in [4.69, 9.17) is 0 Å². The van der Waals surface area contributed by atoms with Crippen LogP contribution in [0.25, 0.3) is 0 Å². The first-order valence-electron chi connectivity index (χ1n) is 5.12. The van der Waals surface area contributed by atoms with Gasteiger partial charge in [0, 0.05) is 24.7 Å². The van der Waals surface area contributed by atoms with E-state index in [0.717, 1.165) is 5.69 Å². The number of H-pyrrole nitrogens is 1. The molecule has 0 fully saturated rings. The third-order valence-corrected chi connectivity index (χ3v) is 2.13. The second kappa shape index (κ2) is 6.47. The van der Waals surface area contributed by atoms with E-state index in [-0.39, 0.29) is 12.3 Å². The summed E-state index contributed by atoms with van der Waals surface area (Å²) < 4.78 is 4.63. The summed E-state index contributed by atoms with van der Waals surface area (Å²) in [5, 5.41) is 2.57. The standard InChI is InChI=1S/C11H15N3O3/c1-3-4-10(15)14-9(11(16)17-2)5-8-6-12-7-13-8/h3,6-7,9H,1,4-5H2,2H3,(H,12,13)(H,14,15)/t9-/m0/s1. The van der Waals surface area contributed by atoms with Crippen molar-refractivity contribution in [1.29, 1.82) is 0 Å². The zero-order valence-corrected chi connectivity index (χ0v) is 9.60. The summed E-state index contributed by atoms with van der Waals surface area (Å²) in [6.45, 7) is 3.46. The molecule has 17 heavy (non-hydrogen) atoms. The predicted octanol–water partition coefficient (Wildman–Crippen LogP) is 0.186. The van der Waals surface area contributed by atoms with Crippen LogP contribution in [0.4, 0.5) is 0 Å². The van der Waals surface area contributed by atoms with Crippen molar-refractivity contribution in [2.75, 3.05) is 7.11 Å². The van der Waals surface area contributed by atoms with E-state index in [1.165, 1.54) is 19.5 Å². The molecule has 6 nitrogen and oxygen atoms in total. The average Bonchev–Trinajstić information content (AvgIpc) is 2.80. The number of nitrogens with one attached hydrogen (secondary N) is 2. The summed E-state index contributed by atoms with van der Waals surface area (Å²) in [5.41, 5.74) is 0.749. The number of carbonyl (C=O) groups excluding carboxylic acids is 2. The summed E-state index contributed by atoms with van der Waals surface area (Å²) in [5.74, 6) is -0.757. The fourth-order valence-corrected chi connectivity index (χ4v) is 1.34. The van der Waals surface area contributed by atoms with Gasteiger partial charge >= 0.3 is 5.97 Å². The highest BCUT2D eigenvalue weighted by atomic mass is 16.5. The summed E-state index contributed by atoms with van der Waals surface area (Å²) >= 11 is 0. The topological polar surface area (TPSA) is 84.1 Å². The Hall–Kier alpha value is -2.11. The number of rotatable bonds is 6. The number of hydrogen-bond acceptors (Lipinski definition) is 4. The van der Waals surface area contributed by atoms with Gasteiger partial charge in [-0.25, -0.2) is 9.78 Å². The summed E-state index contributed by atoms with van der Waals surface area (Å²) in [6, 6.07) is -0.715. The Bertz CT molecular complexity index is 387. The van der Waals surface area contributed by atoms with Crippen LogP contribution < -0.4 is 5.32 Å². The fraction of sp³-hybridized carbons (Fsp3) is 0.364. The Kier molecular flexibility index (Phi) is 4.93. The van der Waals surface area contributed by atoms with Crippen LogP contribution in [0.1, 0.15) is 12.1 Å². The van der Waals surface area contributed by atoms with Gasteiger partial charge in [0.1, 0.15) is 6.04 Å². The van der Waals surface area contributed by atoms with E-state index in [1.807, 2.05) is 0 Å². The highest BCUT2D eigenvalue weighted by molar-refractivity contribution is 5.85. The molecule has 2 N–H and O–H groups in total. The minimum atomic E-state index is -0.715. The summed E-state index contributed by atoms with van der Waals surface area (Å²) in [6.07, 6.45) is 5.05. The van der Waals surface area contributed by atoms with E-state index in [9.17, 15) is 9.59 Å².